The number of nitrogens with zero attached hydrogens (tertiary/aromatic N) is 1. The van der Waals surface area contributed by atoms with Gasteiger partial charge in [-0.1, -0.05) is 29.8 Å². The molecule has 0 spiro atoms. The van der Waals surface area contributed by atoms with E-state index in [1.807, 2.05) is 43.3 Å². The van der Waals surface area contributed by atoms with E-state index >= 15 is 0 Å². The number of aliphatic imine (C=N–C) groups is 1. The van der Waals surface area contributed by atoms with Crippen molar-refractivity contribution in [3.05, 3.63) is 64.7 Å². The summed E-state index contributed by atoms with van der Waals surface area (Å²) in [4.78, 5) is 16.3. The number of amides is 1. The molecule has 2 aromatic carbocycles. The molecule has 0 aliphatic heterocycles. The highest BCUT2D eigenvalue weighted by Gasteiger charge is 2.04. The maximum atomic E-state index is 11.7. The lowest BCUT2D eigenvalue weighted by Crippen LogP contribution is -2.39. The van der Waals surface area contributed by atoms with Crippen molar-refractivity contribution in [1.29, 1.82) is 0 Å². The van der Waals surface area contributed by atoms with E-state index in [2.05, 4.69) is 20.9 Å². The van der Waals surface area contributed by atoms with E-state index in [0.717, 1.165) is 30.2 Å². The van der Waals surface area contributed by atoms with Crippen LogP contribution in [0.4, 0.5) is 0 Å². The lowest BCUT2D eigenvalue weighted by Gasteiger charge is -2.12. The highest BCUT2D eigenvalue weighted by Crippen LogP contribution is 2.16. The Morgan fingerprint density at radius 3 is 2.66 bits per heavy atom. The molecule has 0 aliphatic carbocycles. The van der Waals surface area contributed by atoms with Crippen LogP contribution in [0.25, 0.3) is 0 Å². The fourth-order valence-corrected chi connectivity index (χ4v) is 2.73. The van der Waals surface area contributed by atoms with Gasteiger partial charge < -0.3 is 20.7 Å². The third kappa shape index (κ3) is 9.36. The van der Waals surface area contributed by atoms with E-state index < -0.39 is 0 Å². The Morgan fingerprint density at radius 1 is 1.14 bits per heavy atom. The van der Waals surface area contributed by atoms with Gasteiger partial charge in [-0.2, -0.15) is 0 Å². The molecule has 0 radical (unpaired) electrons. The van der Waals surface area contributed by atoms with Gasteiger partial charge in [-0.15, -0.1) is 24.0 Å². The highest BCUT2D eigenvalue weighted by molar-refractivity contribution is 14.0. The SMILES string of the molecule is CCNC(=NCCc1cccc(C(=O)NC)c1)NCCOc1cccc(Cl)c1.I. The average molecular weight is 531 g/mol. The lowest BCUT2D eigenvalue weighted by atomic mass is 10.1. The maximum Gasteiger partial charge on any atom is 0.251 e. The fourth-order valence-electron chi connectivity index (χ4n) is 2.55. The van der Waals surface area contributed by atoms with Crippen molar-refractivity contribution in [2.24, 2.45) is 4.99 Å². The zero-order chi connectivity index (χ0) is 20.2. The van der Waals surface area contributed by atoms with E-state index in [-0.39, 0.29) is 29.9 Å². The largest absolute Gasteiger partial charge is 0.492 e. The Balaban J connectivity index is 0.00000420. The van der Waals surface area contributed by atoms with Gasteiger partial charge in [-0.05, 0) is 49.2 Å². The molecule has 0 saturated heterocycles. The van der Waals surface area contributed by atoms with E-state index in [1.54, 1.807) is 19.2 Å². The fraction of sp³-hybridized carbons (Fsp3) is 0.333. The predicted octanol–water partition coefficient (Wildman–Crippen LogP) is 3.49. The summed E-state index contributed by atoms with van der Waals surface area (Å²) < 4.78 is 5.67. The Bertz CT molecular complexity index is 802. The molecule has 0 unspecified atom stereocenters. The van der Waals surface area contributed by atoms with Gasteiger partial charge in [0.15, 0.2) is 5.96 Å². The standard InChI is InChI=1S/C21H27ClN4O2.HI/c1-3-24-21(26-12-13-28-19-9-5-8-18(22)15-19)25-11-10-16-6-4-7-17(14-16)20(27)23-2;/h4-9,14-15H,3,10-13H2,1-2H3,(H,23,27)(H2,24,25,26);1H. The number of hydrogen-bond donors (Lipinski definition) is 3. The molecule has 2 rings (SSSR count). The topological polar surface area (TPSA) is 74.8 Å². The Kier molecular flexibility index (Phi) is 12.1. The third-order valence-corrected chi connectivity index (χ3v) is 4.13. The molecule has 158 valence electrons. The second-order valence-electron chi connectivity index (χ2n) is 6.02. The van der Waals surface area contributed by atoms with Crippen LogP contribution in [0, 0.1) is 0 Å². The van der Waals surface area contributed by atoms with Crippen LogP contribution >= 0.6 is 35.6 Å². The van der Waals surface area contributed by atoms with Crippen molar-refractivity contribution in [3.63, 3.8) is 0 Å². The maximum absolute atomic E-state index is 11.7. The molecule has 1 amide bonds. The summed E-state index contributed by atoms with van der Waals surface area (Å²) >= 11 is 5.95. The Labute approximate surface area is 194 Å². The number of benzene rings is 2. The summed E-state index contributed by atoms with van der Waals surface area (Å²) in [5.74, 6) is 1.40. The van der Waals surface area contributed by atoms with Crippen molar-refractivity contribution in [2.75, 3.05) is 33.3 Å². The molecule has 0 atom stereocenters. The van der Waals surface area contributed by atoms with Gasteiger partial charge in [0.2, 0.25) is 0 Å². The van der Waals surface area contributed by atoms with Gasteiger partial charge in [0.05, 0.1) is 6.54 Å². The van der Waals surface area contributed by atoms with E-state index in [9.17, 15) is 4.79 Å². The van der Waals surface area contributed by atoms with Crippen LogP contribution in [0.1, 0.15) is 22.8 Å². The molecule has 8 heteroatoms. The first kappa shape index (κ1) is 25.0. The molecule has 0 aliphatic rings. The first-order chi connectivity index (χ1) is 13.6. The van der Waals surface area contributed by atoms with Crippen molar-refractivity contribution < 1.29 is 9.53 Å². The van der Waals surface area contributed by atoms with Crippen molar-refractivity contribution in [3.8, 4) is 5.75 Å². The quantitative estimate of drug-likeness (QED) is 0.201. The number of hydrogen-bond acceptors (Lipinski definition) is 3. The van der Waals surface area contributed by atoms with Crippen LogP contribution in [0.3, 0.4) is 0 Å². The molecule has 0 aromatic heterocycles. The summed E-state index contributed by atoms with van der Waals surface area (Å²) in [5, 5.41) is 9.75. The van der Waals surface area contributed by atoms with Crippen molar-refractivity contribution in [1.82, 2.24) is 16.0 Å². The van der Waals surface area contributed by atoms with Crippen LogP contribution in [-0.2, 0) is 6.42 Å². The number of ether oxygens (including phenoxy) is 1. The molecule has 6 nitrogen and oxygen atoms in total. The highest BCUT2D eigenvalue weighted by atomic mass is 127. The van der Waals surface area contributed by atoms with Crippen LogP contribution in [0.2, 0.25) is 5.02 Å². The number of carbonyl (C=O) groups is 1. The summed E-state index contributed by atoms with van der Waals surface area (Å²) in [7, 11) is 1.63. The summed E-state index contributed by atoms with van der Waals surface area (Å²) in [6, 6.07) is 14.9. The second-order valence-corrected chi connectivity index (χ2v) is 6.46. The number of rotatable bonds is 9. The minimum Gasteiger partial charge on any atom is -0.492 e. The van der Waals surface area contributed by atoms with Crippen LogP contribution in [0.15, 0.2) is 53.5 Å². The van der Waals surface area contributed by atoms with Crippen LogP contribution in [-0.4, -0.2) is 45.2 Å². The number of carbonyl (C=O) groups excluding carboxylic acids is 1. The van der Waals surface area contributed by atoms with Gasteiger partial charge in [-0.25, -0.2) is 0 Å². The first-order valence-electron chi connectivity index (χ1n) is 9.34. The molecule has 2 aromatic rings. The number of nitrogens with one attached hydrogen (secondary N) is 3. The summed E-state index contributed by atoms with van der Waals surface area (Å²) in [6.07, 6.45) is 0.750. The second kappa shape index (κ2) is 14.1. The van der Waals surface area contributed by atoms with Crippen LogP contribution in [0.5, 0.6) is 5.75 Å². The predicted molar refractivity (Wildman–Crippen MR) is 130 cm³/mol. The molecular weight excluding hydrogens is 503 g/mol. The zero-order valence-corrected chi connectivity index (χ0v) is 19.8. The minimum atomic E-state index is -0.0833. The van der Waals surface area contributed by atoms with E-state index in [0.29, 0.717) is 30.3 Å². The van der Waals surface area contributed by atoms with Gasteiger partial charge in [-0.3, -0.25) is 9.79 Å². The van der Waals surface area contributed by atoms with Crippen molar-refractivity contribution >= 4 is 47.4 Å². The molecule has 0 saturated carbocycles. The van der Waals surface area contributed by atoms with Crippen molar-refractivity contribution in [2.45, 2.75) is 13.3 Å². The average Bonchev–Trinajstić information content (AvgIpc) is 2.71. The van der Waals surface area contributed by atoms with Gasteiger partial charge in [0, 0.05) is 30.7 Å². The zero-order valence-electron chi connectivity index (χ0n) is 16.7. The van der Waals surface area contributed by atoms with Gasteiger partial charge in [0.25, 0.3) is 5.91 Å². The van der Waals surface area contributed by atoms with Crippen LogP contribution < -0.4 is 20.7 Å². The molecule has 29 heavy (non-hydrogen) atoms. The lowest BCUT2D eigenvalue weighted by molar-refractivity contribution is 0.0963. The summed E-state index contributed by atoms with van der Waals surface area (Å²) in [5.41, 5.74) is 1.73. The third-order valence-electron chi connectivity index (χ3n) is 3.89. The van der Waals surface area contributed by atoms with E-state index in [1.165, 1.54) is 0 Å². The molecule has 0 fully saturated rings. The number of guanidine groups is 1. The van der Waals surface area contributed by atoms with Gasteiger partial charge in [0.1, 0.15) is 12.4 Å². The molecule has 3 N–H and O–H groups in total. The van der Waals surface area contributed by atoms with E-state index in [4.69, 9.17) is 16.3 Å². The monoisotopic (exact) mass is 530 g/mol. The first-order valence-corrected chi connectivity index (χ1v) is 9.71. The smallest absolute Gasteiger partial charge is 0.251 e. The molecular formula is C21H28ClIN4O2. The summed E-state index contributed by atoms with van der Waals surface area (Å²) in [6.45, 7) is 4.52. The number of halogens is 2. The molecule has 0 heterocycles. The Morgan fingerprint density at radius 2 is 1.93 bits per heavy atom. The normalized spacial score (nSPS) is 10.7. The molecule has 0 bridgehead atoms. The minimum absolute atomic E-state index is 0. The van der Waals surface area contributed by atoms with Gasteiger partial charge >= 0.3 is 0 Å². The Hall–Kier alpha value is -2.00.